The number of hydrogen-bond acceptors (Lipinski definition) is 1. The lowest BCUT2D eigenvalue weighted by atomic mass is 9.50. The molecular weight excluding hydrogens is 196 g/mol. The molecule has 0 amide bonds. The Kier molecular flexibility index (Phi) is 2.11. The Hall–Kier alpha value is -0.0400. The number of fused-ring (bicyclic) bond motifs is 1. The number of ether oxygens (including phenoxy) is 1. The Morgan fingerprint density at radius 2 is 1.75 bits per heavy atom. The van der Waals surface area contributed by atoms with Gasteiger partial charge in [-0.25, -0.2) is 0 Å². The van der Waals surface area contributed by atoms with Gasteiger partial charge >= 0.3 is 0 Å². The van der Waals surface area contributed by atoms with Crippen LogP contribution in [0.25, 0.3) is 0 Å². The normalized spacial score (nSPS) is 54.8. The van der Waals surface area contributed by atoms with Crippen LogP contribution in [0.1, 0.15) is 66.2 Å². The van der Waals surface area contributed by atoms with Crippen molar-refractivity contribution in [2.45, 2.75) is 77.4 Å². The second-order valence-electron chi connectivity index (χ2n) is 7.55. The molecule has 1 saturated heterocycles. The summed E-state index contributed by atoms with van der Waals surface area (Å²) in [7, 11) is 0. The van der Waals surface area contributed by atoms with Gasteiger partial charge in [0, 0.05) is 0 Å². The molecule has 1 heteroatoms. The smallest absolute Gasteiger partial charge is 0.0695 e. The van der Waals surface area contributed by atoms with Crippen molar-refractivity contribution in [1.82, 2.24) is 0 Å². The van der Waals surface area contributed by atoms with E-state index in [1.54, 1.807) is 0 Å². The summed E-state index contributed by atoms with van der Waals surface area (Å²) in [5.41, 5.74) is 0.872. The summed E-state index contributed by atoms with van der Waals surface area (Å²) in [6.07, 6.45) is 8.32. The van der Waals surface area contributed by atoms with Gasteiger partial charge in [0.05, 0.1) is 11.2 Å². The van der Waals surface area contributed by atoms with Gasteiger partial charge in [-0.3, -0.25) is 0 Å². The van der Waals surface area contributed by atoms with Crippen molar-refractivity contribution in [2.24, 2.45) is 17.3 Å². The van der Waals surface area contributed by atoms with Gasteiger partial charge in [0.15, 0.2) is 0 Å². The van der Waals surface area contributed by atoms with Crippen molar-refractivity contribution in [2.75, 3.05) is 0 Å². The maximum Gasteiger partial charge on any atom is 0.0695 e. The minimum atomic E-state index is 0.115. The fraction of sp³-hybridized carbons (Fsp3) is 1.00. The van der Waals surface area contributed by atoms with Gasteiger partial charge < -0.3 is 4.74 Å². The van der Waals surface area contributed by atoms with E-state index in [-0.39, 0.29) is 11.2 Å². The fourth-order valence-electron chi connectivity index (χ4n) is 5.11. The van der Waals surface area contributed by atoms with Crippen LogP contribution in [0.4, 0.5) is 0 Å². The van der Waals surface area contributed by atoms with Crippen molar-refractivity contribution in [3.63, 3.8) is 0 Å². The predicted octanol–water partition coefficient (Wildman–Crippen LogP) is 4.16. The van der Waals surface area contributed by atoms with Crippen molar-refractivity contribution in [1.29, 1.82) is 0 Å². The maximum atomic E-state index is 6.56. The van der Waals surface area contributed by atoms with E-state index in [9.17, 15) is 0 Å². The second kappa shape index (κ2) is 3.04. The third-order valence-corrected chi connectivity index (χ3v) is 6.06. The summed E-state index contributed by atoms with van der Waals surface area (Å²) in [5, 5.41) is 0. The van der Waals surface area contributed by atoms with Crippen LogP contribution in [-0.4, -0.2) is 11.2 Å². The molecule has 1 nitrogen and oxygen atoms in total. The molecule has 1 aliphatic heterocycles. The number of hydrogen-bond donors (Lipinski definition) is 0. The summed E-state index contributed by atoms with van der Waals surface area (Å²) < 4.78 is 6.56. The second-order valence-corrected chi connectivity index (χ2v) is 7.55. The molecule has 0 unspecified atom stereocenters. The quantitative estimate of drug-likeness (QED) is 0.598. The minimum Gasteiger partial charge on any atom is -0.369 e. The molecule has 2 bridgehead atoms. The maximum absolute atomic E-state index is 6.56. The molecule has 92 valence electrons. The van der Waals surface area contributed by atoms with Crippen LogP contribution in [-0.2, 0) is 4.74 Å². The van der Waals surface area contributed by atoms with E-state index in [2.05, 4.69) is 27.7 Å². The molecule has 0 aromatic heterocycles. The van der Waals surface area contributed by atoms with Crippen LogP contribution >= 0.6 is 0 Å². The zero-order valence-electron chi connectivity index (χ0n) is 11.3. The number of rotatable bonds is 0. The SMILES string of the molecule is CC1(C)O[C@]2(C)CCC[C@]3(C)CC[C@H]1C[C@@H]32. The lowest BCUT2D eigenvalue weighted by molar-refractivity contribution is -0.275. The Labute approximate surface area is 99.9 Å². The van der Waals surface area contributed by atoms with Crippen LogP contribution in [0, 0.1) is 17.3 Å². The molecule has 4 atom stereocenters. The fourth-order valence-corrected chi connectivity index (χ4v) is 5.11. The van der Waals surface area contributed by atoms with Crippen molar-refractivity contribution in [3.05, 3.63) is 0 Å². The highest BCUT2D eigenvalue weighted by molar-refractivity contribution is 5.08. The lowest BCUT2D eigenvalue weighted by Gasteiger charge is -2.63. The zero-order chi connectivity index (χ0) is 11.6. The summed E-state index contributed by atoms with van der Waals surface area (Å²) >= 11 is 0. The van der Waals surface area contributed by atoms with Crippen LogP contribution in [0.15, 0.2) is 0 Å². The van der Waals surface area contributed by atoms with Crippen molar-refractivity contribution in [3.8, 4) is 0 Å². The lowest BCUT2D eigenvalue weighted by Crippen LogP contribution is -2.62. The predicted molar refractivity (Wildman–Crippen MR) is 66.4 cm³/mol. The third-order valence-electron chi connectivity index (χ3n) is 6.06. The van der Waals surface area contributed by atoms with Crippen LogP contribution < -0.4 is 0 Å². The molecular formula is C15H26O. The molecule has 2 saturated carbocycles. The highest BCUT2D eigenvalue weighted by Gasteiger charge is 2.59. The first-order valence-corrected chi connectivity index (χ1v) is 7.06. The minimum absolute atomic E-state index is 0.115. The van der Waals surface area contributed by atoms with E-state index < -0.39 is 0 Å². The Morgan fingerprint density at radius 3 is 2.50 bits per heavy atom. The molecule has 3 fully saturated rings. The highest BCUT2D eigenvalue weighted by Crippen LogP contribution is 2.62. The van der Waals surface area contributed by atoms with E-state index in [1.807, 2.05) is 0 Å². The average Bonchev–Trinajstić information content (AvgIpc) is 2.14. The molecule has 3 aliphatic rings. The first-order valence-electron chi connectivity index (χ1n) is 7.06. The molecule has 0 aromatic rings. The Bertz CT molecular complexity index is 309. The summed E-state index contributed by atoms with van der Waals surface area (Å²) in [5.74, 6) is 1.62. The molecule has 0 aromatic carbocycles. The van der Waals surface area contributed by atoms with E-state index in [1.165, 1.54) is 38.5 Å². The topological polar surface area (TPSA) is 9.23 Å². The van der Waals surface area contributed by atoms with Crippen molar-refractivity contribution >= 4 is 0 Å². The molecule has 0 radical (unpaired) electrons. The van der Waals surface area contributed by atoms with Gasteiger partial charge in [-0.2, -0.15) is 0 Å². The molecule has 2 aliphatic carbocycles. The molecule has 0 spiro atoms. The summed E-state index contributed by atoms with van der Waals surface area (Å²) in [6, 6.07) is 0. The third kappa shape index (κ3) is 1.33. The molecule has 1 heterocycles. The molecule has 16 heavy (non-hydrogen) atoms. The van der Waals surface area contributed by atoms with Gasteiger partial charge in [-0.05, 0) is 70.1 Å². The van der Waals surface area contributed by atoms with Crippen molar-refractivity contribution < 1.29 is 4.74 Å². The highest BCUT2D eigenvalue weighted by atomic mass is 16.5. The van der Waals surface area contributed by atoms with E-state index in [0.717, 1.165) is 11.8 Å². The van der Waals surface area contributed by atoms with E-state index in [0.29, 0.717) is 5.41 Å². The monoisotopic (exact) mass is 222 g/mol. The van der Waals surface area contributed by atoms with Gasteiger partial charge in [0.1, 0.15) is 0 Å². The van der Waals surface area contributed by atoms with Gasteiger partial charge in [0.2, 0.25) is 0 Å². The van der Waals surface area contributed by atoms with Crippen LogP contribution in [0.2, 0.25) is 0 Å². The molecule has 3 rings (SSSR count). The first-order chi connectivity index (χ1) is 7.36. The van der Waals surface area contributed by atoms with E-state index >= 15 is 0 Å². The van der Waals surface area contributed by atoms with E-state index in [4.69, 9.17) is 4.74 Å². The van der Waals surface area contributed by atoms with Crippen LogP contribution in [0.5, 0.6) is 0 Å². The first kappa shape index (κ1) is 11.1. The summed E-state index contributed by atoms with van der Waals surface area (Å²) in [4.78, 5) is 0. The van der Waals surface area contributed by atoms with Crippen LogP contribution in [0.3, 0.4) is 0 Å². The Balaban J connectivity index is 2.00. The van der Waals surface area contributed by atoms with Gasteiger partial charge in [-0.15, -0.1) is 0 Å². The molecule has 0 N–H and O–H groups in total. The van der Waals surface area contributed by atoms with Gasteiger partial charge in [-0.1, -0.05) is 13.3 Å². The zero-order valence-corrected chi connectivity index (χ0v) is 11.3. The largest absolute Gasteiger partial charge is 0.369 e. The average molecular weight is 222 g/mol. The Morgan fingerprint density at radius 1 is 1.00 bits per heavy atom. The standard InChI is InChI=1S/C15H26O/c1-13(2)11-6-9-14(3)7-5-8-15(4,16-13)12(14)10-11/h11-12H,5-10H2,1-4H3/t11-,12-,14+,15+/m0/s1. The summed E-state index contributed by atoms with van der Waals surface area (Å²) in [6.45, 7) is 9.54. The van der Waals surface area contributed by atoms with Gasteiger partial charge in [0.25, 0.3) is 0 Å².